The molecule has 8 heteroatoms. The highest BCUT2D eigenvalue weighted by atomic mass is 31.2. The summed E-state index contributed by atoms with van der Waals surface area (Å²) in [5, 5.41) is 18.4. The van der Waals surface area contributed by atoms with Crippen LogP contribution in [0.4, 0.5) is 0 Å². The number of amides is 1. The first-order valence-corrected chi connectivity index (χ1v) is 6.28. The van der Waals surface area contributed by atoms with Gasteiger partial charge in [-0.1, -0.05) is 0 Å². The fourth-order valence-corrected chi connectivity index (χ4v) is 1.61. The Kier molecular flexibility index (Phi) is 6.71. The minimum atomic E-state index is -3.99. The van der Waals surface area contributed by atoms with Gasteiger partial charge in [0.15, 0.2) is 0 Å². The van der Waals surface area contributed by atoms with Crippen molar-refractivity contribution >= 4 is 14.0 Å². The molecule has 90 valence electrons. The molecule has 0 radical (unpaired) electrons. The average Bonchev–Trinajstić information content (AvgIpc) is 2.12. The molecule has 0 saturated heterocycles. The fourth-order valence-electron chi connectivity index (χ4n) is 1.01. The van der Waals surface area contributed by atoms with Crippen LogP contribution in [0, 0.1) is 0 Å². The van der Waals surface area contributed by atoms with E-state index >= 15 is 0 Å². The lowest BCUT2D eigenvalue weighted by Gasteiger charge is -2.13. The molecule has 0 aromatic heterocycles. The number of aliphatic hydroxyl groups is 1. The lowest BCUT2D eigenvalue weighted by Crippen LogP contribution is -2.22. The van der Waals surface area contributed by atoms with Gasteiger partial charge in [0, 0.05) is 6.16 Å². The van der Waals surface area contributed by atoms with Crippen LogP contribution in [0.1, 0.15) is 19.3 Å². The van der Waals surface area contributed by atoms with E-state index in [0.717, 1.165) is 0 Å². The molecule has 0 aromatic rings. The van der Waals surface area contributed by atoms with E-state index in [9.17, 15) is 14.5 Å². The van der Waals surface area contributed by atoms with Gasteiger partial charge in [-0.15, -0.1) is 0 Å². The SMILES string of the molecule is O=CN(O)CC[C@H](O)CCCP(=O)(O)O. The van der Waals surface area contributed by atoms with Crippen molar-refractivity contribution in [2.75, 3.05) is 12.7 Å². The summed E-state index contributed by atoms with van der Waals surface area (Å²) < 4.78 is 10.4. The zero-order chi connectivity index (χ0) is 11.9. The molecule has 0 aliphatic carbocycles. The Hall–Kier alpha value is -0.460. The largest absolute Gasteiger partial charge is 0.393 e. The molecule has 0 aromatic carbocycles. The molecule has 0 unspecified atom stereocenters. The molecule has 0 aliphatic heterocycles. The first-order valence-electron chi connectivity index (χ1n) is 4.48. The predicted octanol–water partition coefficient (Wildman–Crippen LogP) is -0.457. The van der Waals surface area contributed by atoms with Crippen LogP contribution in [0.15, 0.2) is 0 Å². The van der Waals surface area contributed by atoms with Gasteiger partial charge in [0.25, 0.3) is 0 Å². The van der Waals surface area contributed by atoms with E-state index in [-0.39, 0.29) is 38.4 Å². The smallest absolute Gasteiger partial charge is 0.325 e. The summed E-state index contributed by atoms with van der Waals surface area (Å²) >= 11 is 0. The summed E-state index contributed by atoms with van der Waals surface area (Å²) in [7, 11) is -3.99. The van der Waals surface area contributed by atoms with Gasteiger partial charge in [-0.2, -0.15) is 0 Å². The van der Waals surface area contributed by atoms with Gasteiger partial charge in [-0.25, -0.2) is 5.06 Å². The van der Waals surface area contributed by atoms with Crippen molar-refractivity contribution < 1.29 is 29.5 Å². The van der Waals surface area contributed by atoms with Crippen LogP contribution >= 0.6 is 7.60 Å². The van der Waals surface area contributed by atoms with E-state index in [2.05, 4.69) is 0 Å². The van der Waals surface area contributed by atoms with Crippen molar-refractivity contribution in [3.8, 4) is 0 Å². The second-order valence-electron chi connectivity index (χ2n) is 3.24. The molecule has 1 amide bonds. The van der Waals surface area contributed by atoms with E-state index < -0.39 is 13.7 Å². The number of carbonyl (C=O) groups is 1. The maximum absolute atomic E-state index is 10.4. The first-order chi connectivity index (χ1) is 6.85. The van der Waals surface area contributed by atoms with Crippen molar-refractivity contribution in [2.45, 2.75) is 25.4 Å². The van der Waals surface area contributed by atoms with Crippen LogP contribution in [-0.2, 0) is 9.36 Å². The minimum absolute atomic E-state index is 0.000573. The van der Waals surface area contributed by atoms with Crippen LogP contribution in [0.25, 0.3) is 0 Å². The topological polar surface area (TPSA) is 118 Å². The number of hydroxylamine groups is 2. The Morgan fingerprint density at radius 2 is 1.93 bits per heavy atom. The Labute approximate surface area is 87.4 Å². The third-order valence-electron chi connectivity index (χ3n) is 1.80. The average molecular weight is 241 g/mol. The van der Waals surface area contributed by atoms with Gasteiger partial charge < -0.3 is 14.9 Å². The summed E-state index contributed by atoms with van der Waals surface area (Å²) in [5.74, 6) is 0. The highest BCUT2D eigenvalue weighted by Crippen LogP contribution is 2.35. The molecule has 4 N–H and O–H groups in total. The molecular weight excluding hydrogens is 225 g/mol. The minimum Gasteiger partial charge on any atom is -0.393 e. The molecular formula is C7H16NO6P. The second-order valence-corrected chi connectivity index (χ2v) is 5.02. The Bertz CT molecular complexity index is 230. The molecule has 15 heavy (non-hydrogen) atoms. The van der Waals surface area contributed by atoms with Gasteiger partial charge in [-0.3, -0.25) is 14.6 Å². The zero-order valence-corrected chi connectivity index (χ0v) is 9.08. The van der Waals surface area contributed by atoms with Gasteiger partial charge in [0.1, 0.15) is 0 Å². The lowest BCUT2D eigenvalue weighted by atomic mass is 10.1. The van der Waals surface area contributed by atoms with Crippen LogP contribution in [0.3, 0.4) is 0 Å². The maximum Gasteiger partial charge on any atom is 0.325 e. The van der Waals surface area contributed by atoms with Crippen LogP contribution < -0.4 is 0 Å². The van der Waals surface area contributed by atoms with E-state index in [1.165, 1.54) is 0 Å². The van der Waals surface area contributed by atoms with Gasteiger partial charge >= 0.3 is 7.60 Å². The summed E-state index contributed by atoms with van der Waals surface area (Å²) in [6.45, 7) is 0.000573. The van der Waals surface area contributed by atoms with Crippen molar-refractivity contribution in [1.29, 1.82) is 0 Å². The molecule has 0 rings (SSSR count). The molecule has 0 fully saturated rings. The summed E-state index contributed by atoms with van der Waals surface area (Å²) in [4.78, 5) is 27.0. The van der Waals surface area contributed by atoms with Crippen LogP contribution in [-0.4, -0.2) is 50.4 Å². The summed E-state index contributed by atoms with van der Waals surface area (Å²) in [6.07, 6.45) is -0.194. The molecule has 0 heterocycles. The van der Waals surface area contributed by atoms with E-state index in [0.29, 0.717) is 5.06 Å². The van der Waals surface area contributed by atoms with Gasteiger partial charge in [-0.05, 0) is 19.3 Å². The quantitative estimate of drug-likeness (QED) is 0.198. The van der Waals surface area contributed by atoms with E-state index in [1.807, 2.05) is 0 Å². The lowest BCUT2D eigenvalue weighted by molar-refractivity contribution is -0.150. The van der Waals surface area contributed by atoms with Crippen LogP contribution in [0.5, 0.6) is 0 Å². The highest BCUT2D eigenvalue weighted by molar-refractivity contribution is 7.51. The number of aliphatic hydroxyl groups excluding tert-OH is 1. The normalized spacial score (nSPS) is 13.6. The van der Waals surface area contributed by atoms with E-state index in [4.69, 9.17) is 15.0 Å². The highest BCUT2D eigenvalue weighted by Gasteiger charge is 2.14. The zero-order valence-electron chi connectivity index (χ0n) is 8.19. The number of hydrogen-bond acceptors (Lipinski definition) is 4. The molecule has 0 saturated carbocycles. The predicted molar refractivity (Wildman–Crippen MR) is 51.3 cm³/mol. The molecule has 0 spiro atoms. The van der Waals surface area contributed by atoms with Crippen LogP contribution in [0.2, 0.25) is 0 Å². The van der Waals surface area contributed by atoms with Crippen molar-refractivity contribution in [1.82, 2.24) is 5.06 Å². The molecule has 0 aliphatic rings. The molecule has 7 nitrogen and oxygen atoms in total. The van der Waals surface area contributed by atoms with E-state index in [1.54, 1.807) is 0 Å². The Morgan fingerprint density at radius 1 is 1.33 bits per heavy atom. The Morgan fingerprint density at radius 3 is 2.40 bits per heavy atom. The number of carbonyl (C=O) groups excluding carboxylic acids is 1. The fraction of sp³-hybridized carbons (Fsp3) is 0.857. The third kappa shape index (κ3) is 9.84. The van der Waals surface area contributed by atoms with Crippen molar-refractivity contribution in [2.24, 2.45) is 0 Å². The third-order valence-corrected chi connectivity index (χ3v) is 2.70. The molecule has 0 bridgehead atoms. The Balaban J connectivity index is 3.53. The number of rotatable bonds is 8. The van der Waals surface area contributed by atoms with Gasteiger partial charge in [0.2, 0.25) is 6.41 Å². The number of nitrogens with zero attached hydrogens (tertiary/aromatic N) is 1. The standard InChI is InChI=1S/C7H16NO6P/c9-6-8(11)4-3-7(10)2-1-5-15(12,13)14/h6-7,10-11H,1-5H2,(H2,12,13,14)/t7-/m1/s1. The number of hydrogen-bond donors (Lipinski definition) is 4. The summed E-state index contributed by atoms with van der Waals surface area (Å²) in [6, 6.07) is 0. The maximum atomic E-state index is 10.4. The van der Waals surface area contributed by atoms with Crippen molar-refractivity contribution in [3.05, 3.63) is 0 Å². The summed E-state index contributed by atoms with van der Waals surface area (Å²) in [5.41, 5.74) is 0. The monoisotopic (exact) mass is 241 g/mol. The second kappa shape index (κ2) is 6.92. The first kappa shape index (κ1) is 14.5. The van der Waals surface area contributed by atoms with Gasteiger partial charge in [0.05, 0.1) is 12.6 Å². The van der Waals surface area contributed by atoms with Crippen molar-refractivity contribution in [3.63, 3.8) is 0 Å². The molecule has 1 atom stereocenters.